The third-order valence-electron chi connectivity index (χ3n) is 3.57. The number of hydrogen-bond acceptors (Lipinski definition) is 5. The summed E-state index contributed by atoms with van der Waals surface area (Å²) in [5, 5.41) is 2.37. The van der Waals surface area contributed by atoms with Crippen LogP contribution in [0.1, 0.15) is 6.92 Å². The number of anilines is 1. The molecule has 0 unspecified atom stereocenters. The lowest BCUT2D eigenvalue weighted by molar-refractivity contribution is -0.162. The van der Waals surface area contributed by atoms with Gasteiger partial charge in [0.1, 0.15) is 12.4 Å². The van der Waals surface area contributed by atoms with Crippen molar-refractivity contribution in [2.75, 3.05) is 11.9 Å². The molecular weight excluding hydrogens is 329 g/mol. The molecule has 0 saturated carbocycles. The highest BCUT2D eigenvalue weighted by Crippen LogP contribution is 2.31. The summed E-state index contributed by atoms with van der Waals surface area (Å²) in [6, 6.07) is 12.7. The highest BCUT2D eigenvalue weighted by atomic mass is 19.1. The number of carbonyl (C=O) groups excluding carboxylic acids is 2. The van der Waals surface area contributed by atoms with E-state index in [9.17, 15) is 14.0 Å². The molecule has 0 radical (unpaired) electrons. The molecule has 130 valence electrons. The summed E-state index contributed by atoms with van der Waals surface area (Å²) in [5.41, 5.74) is 0.0153. The van der Waals surface area contributed by atoms with E-state index in [0.29, 0.717) is 11.5 Å². The summed E-state index contributed by atoms with van der Waals surface area (Å²) >= 11 is 0. The van der Waals surface area contributed by atoms with E-state index in [4.69, 9.17) is 14.2 Å². The molecule has 0 spiro atoms. The van der Waals surface area contributed by atoms with Crippen molar-refractivity contribution in [3.05, 3.63) is 54.3 Å². The van der Waals surface area contributed by atoms with Gasteiger partial charge in [-0.3, -0.25) is 4.79 Å². The Morgan fingerprint density at radius 3 is 2.60 bits per heavy atom. The Hall–Kier alpha value is -3.09. The van der Waals surface area contributed by atoms with Gasteiger partial charge in [0.2, 0.25) is 6.10 Å². The number of rotatable bonds is 4. The number of nitrogens with one attached hydrogen (secondary N) is 1. The summed E-state index contributed by atoms with van der Waals surface area (Å²) in [5.74, 6) is -0.979. The first-order chi connectivity index (χ1) is 12.0. The van der Waals surface area contributed by atoms with Crippen LogP contribution in [0.2, 0.25) is 0 Å². The van der Waals surface area contributed by atoms with Crippen LogP contribution < -0.4 is 14.8 Å². The number of carbonyl (C=O) groups is 2. The van der Waals surface area contributed by atoms with E-state index in [1.165, 1.54) is 25.1 Å². The van der Waals surface area contributed by atoms with E-state index in [1.54, 1.807) is 30.3 Å². The lowest BCUT2D eigenvalue weighted by atomic mass is 10.2. The van der Waals surface area contributed by atoms with Crippen LogP contribution in [0.15, 0.2) is 48.5 Å². The molecular formula is C18H16FNO5. The van der Waals surface area contributed by atoms with Crippen LogP contribution in [0, 0.1) is 5.82 Å². The van der Waals surface area contributed by atoms with Crippen LogP contribution in [0.5, 0.6) is 11.5 Å². The fourth-order valence-corrected chi connectivity index (χ4v) is 2.24. The van der Waals surface area contributed by atoms with E-state index < -0.39 is 29.9 Å². The van der Waals surface area contributed by atoms with Crippen LogP contribution in [-0.2, 0) is 14.3 Å². The van der Waals surface area contributed by atoms with Crippen molar-refractivity contribution >= 4 is 17.6 Å². The SMILES string of the molecule is C[C@@H](OC(=O)[C@H]1COc2ccccc2O1)C(=O)Nc1ccccc1F. The molecule has 1 heterocycles. The minimum absolute atomic E-state index is 0.0153. The molecule has 0 aromatic heterocycles. The minimum Gasteiger partial charge on any atom is -0.485 e. The standard InChI is InChI=1S/C18H16FNO5/c1-11(17(21)20-13-7-3-2-6-12(13)19)24-18(22)16-10-23-14-8-4-5-9-15(14)25-16/h2-9,11,16H,10H2,1H3,(H,20,21)/t11-,16-/m1/s1. The summed E-state index contributed by atoms with van der Waals surface area (Å²) in [6.45, 7) is 1.38. The Balaban J connectivity index is 1.57. The van der Waals surface area contributed by atoms with E-state index >= 15 is 0 Å². The van der Waals surface area contributed by atoms with Gasteiger partial charge in [-0.2, -0.15) is 0 Å². The zero-order valence-electron chi connectivity index (χ0n) is 13.4. The van der Waals surface area contributed by atoms with Crippen molar-refractivity contribution in [3.8, 4) is 11.5 Å². The van der Waals surface area contributed by atoms with Crippen LogP contribution >= 0.6 is 0 Å². The van der Waals surface area contributed by atoms with Crippen molar-refractivity contribution in [2.24, 2.45) is 0 Å². The molecule has 1 amide bonds. The maximum absolute atomic E-state index is 13.5. The molecule has 25 heavy (non-hydrogen) atoms. The number of fused-ring (bicyclic) bond motifs is 1. The zero-order chi connectivity index (χ0) is 17.8. The van der Waals surface area contributed by atoms with Gasteiger partial charge in [-0.25, -0.2) is 9.18 Å². The first-order valence-corrected chi connectivity index (χ1v) is 7.69. The average Bonchev–Trinajstić information content (AvgIpc) is 2.63. The fourth-order valence-electron chi connectivity index (χ4n) is 2.24. The van der Waals surface area contributed by atoms with Crippen molar-refractivity contribution in [3.63, 3.8) is 0 Å². The van der Waals surface area contributed by atoms with Gasteiger partial charge in [-0.15, -0.1) is 0 Å². The molecule has 3 rings (SSSR count). The molecule has 6 nitrogen and oxygen atoms in total. The van der Waals surface area contributed by atoms with Crippen LogP contribution in [0.3, 0.4) is 0 Å². The van der Waals surface area contributed by atoms with Crippen molar-refractivity contribution in [1.29, 1.82) is 0 Å². The topological polar surface area (TPSA) is 73.9 Å². The number of esters is 1. The highest BCUT2D eigenvalue weighted by molar-refractivity contribution is 5.95. The Labute approximate surface area is 143 Å². The molecule has 0 bridgehead atoms. The van der Waals surface area contributed by atoms with Gasteiger partial charge in [0.05, 0.1) is 5.69 Å². The van der Waals surface area contributed by atoms with Gasteiger partial charge in [0.15, 0.2) is 17.6 Å². The molecule has 0 fully saturated rings. The summed E-state index contributed by atoms with van der Waals surface area (Å²) in [4.78, 5) is 24.2. The van der Waals surface area contributed by atoms with E-state index in [1.807, 2.05) is 0 Å². The van der Waals surface area contributed by atoms with Gasteiger partial charge in [-0.1, -0.05) is 24.3 Å². The van der Waals surface area contributed by atoms with Gasteiger partial charge >= 0.3 is 5.97 Å². The molecule has 0 aliphatic carbocycles. The predicted octanol–water partition coefficient (Wildman–Crippen LogP) is 2.54. The summed E-state index contributed by atoms with van der Waals surface area (Å²) < 4.78 is 29.6. The number of ether oxygens (including phenoxy) is 3. The monoisotopic (exact) mass is 345 g/mol. The molecule has 2 aromatic carbocycles. The number of halogens is 1. The van der Waals surface area contributed by atoms with Crippen molar-refractivity contribution < 1.29 is 28.2 Å². The van der Waals surface area contributed by atoms with Crippen LogP contribution in [0.25, 0.3) is 0 Å². The second-order valence-corrected chi connectivity index (χ2v) is 5.41. The third-order valence-corrected chi connectivity index (χ3v) is 3.57. The number of para-hydroxylation sites is 3. The maximum Gasteiger partial charge on any atom is 0.351 e. The van der Waals surface area contributed by atoms with Gasteiger partial charge in [0.25, 0.3) is 5.91 Å². The highest BCUT2D eigenvalue weighted by Gasteiger charge is 2.31. The Bertz CT molecular complexity index is 795. The third kappa shape index (κ3) is 3.88. The second kappa shape index (κ2) is 7.21. The van der Waals surface area contributed by atoms with Crippen molar-refractivity contribution in [1.82, 2.24) is 0 Å². The number of benzene rings is 2. The molecule has 1 aliphatic rings. The van der Waals surface area contributed by atoms with Crippen LogP contribution in [-0.4, -0.2) is 30.7 Å². The Kier molecular flexibility index (Phi) is 4.83. The van der Waals surface area contributed by atoms with E-state index in [0.717, 1.165) is 0 Å². The molecule has 7 heteroatoms. The quantitative estimate of drug-likeness (QED) is 0.862. The number of hydrogen-bond donors (Lipinski definition) is 1. The van der Waals surface area contributed by atoms with Gasteiger partial charge in [0, 0.05) is 0 Å². The van der Waals surface area contributed by atoms with Gasteiger partial charge in [-0.05, 0) is 31.2 Å². The summed E-state index contributed by atoms with van der Waals surface area (Å²) in [7, 11) is 0. The smallest absolute Gasteiger partial charge is 0.351 e. The Morgan fingerprint density at radius 2 is 1.84 bits per heavy atom. The molecule has 1 N–H and O–H groups in total. The summed E-state index contributed by atoms with van der Waals surface area (Å²) in [6.07, 6.45) is -2.09. The van der Waals surface area contributed by atoms with Crippen LogP contribution in [0.4, 0.5) is 10.1 Å². The molecule has 2 aromatic rings. The van der Waals surface area contributed by atoms with Crippen molar-refractivity contribution in [2.45, 2.75) is 19.1 Å². The molecule has 2 atom stereocenters. The first kappa shape index (κ1) is 16.8. The largest absolute Gasteiger partial charge is 0.485 e. The van der Waals surface area contributed by atoms with E-state index in [2.05, 4.69) is 5.32 Å². The average molecular weight is 345 g/mol. The van der Waals surface area contributed by atoms with E-state index in [-0.39, 0.29) is 12.3 Å². The second-order valence-electron chi connectivity index (χ2n) is 5.41. The number of amides is 1. The van der Waals surface area contributed by atoms with Gasteiger partial charge < -0.3 is 19.5 Å². The first-order valence-electron chi connectivity index (χ1n) is 7.69. The normalized spacial score (nSPS) is 16.6. The minimum atomic E-state index is -1.12. The predicted molar refractivity (Wildman–Crippen MR) is 86.9 cm³/mol. The lowest BCUT2D eigenvalue weighted by Crippen LogP contribution is -2.41. The fraction of sp³-hybridized carbons (Fsp3) is 0.222. The lowest BCUT2D eigenvalue weighted by Gasteiger charge is -2.25. The zero-order valence-corrected chi connectivity index (χ0v) is 13.4. The maximum atomic E-state index is 13.5. The Morgan fingerprint density at radius 1 is 1.16 bits per heavy atom. The molecule has 0 saturated heterocycles. The molecule has 1 aliphatic heterocycles.